The number of nitrogens with zero attached hydrogens (tertiary/aromatic N) is 1. The van der Waals surface area contributed by atoms with Gasteiger partial charge in [-0.1, -0.05) is 13.8 Å². The monoisotopic (exact) mass is 281 g/mol. The second-order valence-corrected chi connectivity index (χ2v) is 4.93. The lowest BCUT2D eigenvalue weighted by atomic mass is 10.1. The first-order valence-electron chi connectivity index (χ1n) is 6.28. The predicted molar refractivity (Wildman–Crippen MR) is 72.0 cm³/mol. The molecule has 0 bridgehead atoms. The van der Waals surface area contributed by atoms with E-state index in [0.717, 1.165) is 12.1 Å². The quantitative estimate of drug-likeness (QED) is 0.871. The van der Waals surface area contributed by atoms with Gasteiger partial charge >= 0.3 is 0 Å². The number of carbonyl (C=O) groups excluding carboxylic acids is 1. The number of nitrogens with one attached hydrogen (secondary N) is 2. The average molecular weight is 281 g/mol. The van der Waals surface area contributed by atoms with Crippen molar-refractivity contribution in [1.82, 2.24) is 5.32 Å². The molecule has 0 aliphatic heterocycles. The van der Waals surface area contributed by atoms with Gasteiger partial charge in [-0.2, -0.15) is 5.26 Å². The Labute approximate surface area is 116 Å². The molecule has 0 aromatic heterocycles. The van der Waals surface area contributed by atoms with Crippen LogP contribution in [0.2, 0.25) is 0 Å². The van der Waals surface area contributed by atoms with Gasteiger partial charge in [0.15, 0.2) is 11.6 Å². The Kier molecular flexibility index (Phi) is 5.44. The van der Waals surface area contributed by atoms with E-state index in [1.165, 1.54) is 6.92 Å². The van der Waals surface area contributed by atoms with Crippen LogP contribution in [-0.2, 0) is 4.79 Å². The molecular weight excluding hydrogens is 264 g/mol. The molecule has 0 heterocycles. The van der Waals surface area contributed by atoms with Crippen molar-refractivity contribution in [3.05, 3.63) is 29.3 Å². The van der Waals surface area contributed by atoms with Crippen molar-refractivity contribution < 1.29 is 13.6 Å². The molecule has 1 amide bonds. The van der Waals surface area contributed by atoms with Crippen LogP contribution in [-0.4, -0.2) is 18.5 Å². The predicted octanol–water partition coefficient (Wildman–Crippen LogP) is 2.41. The Morgan fingerprint density at radius 2 is 1.85 bits per heavy atom. The van der Waals surface area contributed by atoms with E-state index in [2.05, 4.69) is 10.6 Å². The fourth-order valence-electron chi connectivity index (χ4n) is 1.52. The van der Waals surface area contributed by atoms with Crippen LogP contribution >= 0.6 is 0 Å². The minimum absolute atomic E-state index is 0.109. The summed E-state index contributed by atoms with van der Waals surface area (Å²) in [5.41, 5.74) is -0.515. The maximum atomic E-state index is 13.7. The molecule has 1 rings (SSSR count). The lowest BCUT2D eigenvalue weighted by molar-refractivity contribution is -0.121. The van der Waals surface area contributed by atoms with Crippen LogP contribution in [0.25, 0.3) is 0 Å². The molecule has 1 aromatic rings. The fraction of sp³-hybridized carbons (Fsp3) is 0.429. The molecule has 0 saturated heterocycles. The number of hydrogen-bond acceptors (Lipinski definition) is 3. The van der Waals surface area contributed by atoms with Crippen molar-refractivity contribution in [2.24, 2.45) is 5.92 Å². The summed E-state index contributed by atoms with van der Waals surface area (Å²) in [6.45, 7) is 5.88. The Morgan fingerprint density at radius 3 is 2.30 bits per heavy atom. The maximum absolute atomic E-state index is 13.7. The molecule has 4 nitrogen and oxygen atoms in total. The van der Waals surface area contributed by atoms with E-state index in [1.807, 2.05) is 13.8 Å². The first kappa shape index (κ1) is 15.9. The van der Waals surface area contributed by atoms with Gasteiger partial charge in [-0.3, -0.25) is 4.79 Å². The van der Waals surface area contributed by atoms with E-state index in [-0.39, 0.29) is 17.4 Å². The average Bonchev–Trinajstić information content (AvgIpc) is 2.39. The van der Waals surface area contributed by atoms with Crippen molar-refractivity contribution in [3.8, 4) is 6.07 Å². The van der Waals surface area contributed by atoms with Gasteiger partial charge in [0.1, 0.15) is 11.7 Å². The molecule has 1 aromatic carbocycles. The molecule has 0 radical (unpaired) electrons. The summed E-state index contributed by atoms with van der Waals surface area (Å²) in [7, 11) is 0. The zero-order valence-corrected chi connectivity index (χ0v) is 11.6. The first-order chi connectivity index (χ1) is 9.35. The van der Waals surface area contributed by atoms with Gasteiger partial charge < -0.3 is 10.6 Å². The summed E-state index contributed by atoms with van der Waals surface area (Å²) in [5, 5.41) is 13.7. The molecule has 6 heteroatoms. The number of rotatable bonds is 5. The number of anilines is 1. The number of hydrogen-bond donors (Lipinski definition) is 2. The fourth-order valence-corrected chi connectivity index (χ4v) is 1.52. The molecule has 108 valence electrons. The van der Waals surface area contributed by atoms with E-state index in [1.54, 1.807) is 6.07 Å². The first-order valence-corrected chi connectivity index (χ1v) is 6.28. The standard InChI is InChI=1S/C14H17F2N3O/c1-8(2)7-18-14(20)9(3)19-13-11(15)4-10(6-17)5-12(13)16/h4-5,8-9,19H,7H2,1-3H3,(H,18,20). The highest BCUT2D eigenvalue weighted by atomic mass is 19.1. The topological polar surface area (TPSA) is 64.9 Å². The van der Waals surface area contributed by atoms with E-state index in [9.17, 15) is 13.6 Å². The molecule has 20 heavy (non-hydrogen) atoms. The Bertz CT molecular complexity index is 515. The van der Waals surface area contributed by atoms with Crippen LogP contribution in [0.4, 0.5) is 14.5 Å². The van der Waals surface area contributed by atoms with Gasteiger partial charge in [0.05, 0.1) is 11.6 Å². The number of carbonyl (C=O) groups is 1. The minimum atomic E-state index is -0.898. The molecule has 0 aliphatic rings. The molecular formula is C14H17F2N3O. The van der Waals surface area contributed by atoms with Gasteiger partial charge in [-0.05, 0) is 25.0 Å². The largest absolute Gasteiger partial charge is 0.369 e. The highest BCUT2D eigenvalue weighted by Gasteiger charge is 2.18. The van der Waals surface area contributed by atoms with Crippen molar-refractivity contribution in [1.29, 1.82) is 5.26 Å². The third-order valence-corrected chi connectivity index (χ3v) is 2.61. The highest BCUT2D eigenvalue weighted by Crippen LogP contribution is 2.21. The summed E-state index contributed by atoms with van der Waals surface area (Å²) < 4.78 is 27.3. The molecule has 2 N–H and O–H groups in total. The molecule has 0 spiro atoms. The van der Waals surface area contributed by atoms with Crippen LogP contribution in [0.3, 0.4) is 0 Å². The van der Waals surface area contributed by atoms with E-state index >= 15 is 0 Å². The zero-order valence-electron chi connectivity index (χ0n) is 11.6. The maximum Gasteiger partial charge on any atom is 0.242 e. The van der Waals surface area contributed by atoms with E-state index < -0.39 is 23.4 Å². The second-order valence-electron chi connectivity index (χ2n) is 4.93. The molecule has 1 atom stereocenters. The summed E-state index contributed by atoms with van der Waals surface area (Å²) in [4.78, 5) is 11.7. The second kappa shape index (κ2) is 6.85. The molecule has 1 unspecified atom stereocenters. The normalized spacial score (nSPS) is 11.8. The van der Waals surface area contributed by atoms with Crippen LogP contribution < -0.4 is 10.6 Å². The highest BCUT2D eigenvalue weighted by molar-refractivity contribution is 5.84. The lowest BCUT2D eigenvalue weighted by Gasteiger charge is -2.17. The van der Waals surface area contributed by atoms with Crippen LogP contribution in [0.5, 0.6) is 0 Å². The van der Waals surface area contributed by atoms with Gasteiger partial charge in [0, 0.05) is 6.54 Å². The summed E-state index contributed by atoms with van der Waals surface area (Å²) in [5.74, 6) is -1.86. The van der Waals surface area contributed by atoms with E-state index in [0.29, 0.717) is 6.54 Å². The summed E-state index contributed by atoms with van der Waals surface area (Å²) in [6, 6.07) is 2.71. The van der Waals surface area contributed by atoms with Gasteiger partial charge in [0.2, 0.25) is 5.91 Å². The number of halogens is 2. The molecule has 0 aliphatic carbocycles. The lowest BCUT2D eigenvalue weighted by Crippen LogP contribution is -2.39. The van der Waals surface area contributed by atoms with Crippen molar-refractivity contribution in [2.75, 3.05) is 11.9 Å². The third kappa shape index (κ3) is 4.19. The molecule has 0 fully saturated rings. The van der Waals surface area contributed by atoms with Crippen molar-refractivity contribution in [2.45, 2.75) is 26.8 Å². The Hall–Kier alpha value is -2.16. The van der Waals surface area contributed by atoms with Gasteiger partial charge in [-0.25, -0.2) is 8.78 Å². The van der Waals surface area contributed by atoms with Gasteiger partial charge in [-0.15, -0.1) is 0 Å². The third-order valence-electron chi connectivity index (χ3n) is 2.61. The van der Waals surface area contributed by atoms with Gasteiger partial charge in [0.25, 0.3) is 0 Å². The van der Waals surface area contributed by atoms with Crippen molar-refractivity contribution in [3.63, 3.8) is 0 Å². The Balaban J connectivity index is 2.78. The number of nitriles is 1. The SMILES string of the molecule is CC(C)CNC(=O)C(C)Nc1c(F)cc(C#N)cc1F. The van der Waals surface area contributed by atoms with Crippen LogP contribution in [0, 0.1) is 28.9 Å². The minimum Gasteiger partial charge on any atom is -0.369 e. The number of amides is 1. The van der Waals surface area contributed by atoms with E-state index in [4.69, 9.17) is 5.26 Å². The summed E-state index contributed by atoms with van der Waals surface area (Å²) >= 11 is 0. The van der Waals surface area contributed by atoms with Crippen LogP contribution in [0.15, 0.2) is 12.1 Å². The van der Waals surface area contributed by atoms with Crippen molar-refractivity contribution >= 4 is 11.6 Å². The number of benzene rings is 1. The van der Waals surface area contributed by atoms with Crippen LogP contribution in [0.1, 0.15) is 26.3 Å². The zero-order chi connectivity index (χ0) is 15.3. The Morgan fingerprint density at radius 1 is 1.30 bits per heavy atom. The molecule has 0 saturated carbocycles. The smallest absolute Gasteiger partial charge is 0.242 e. The summed E-state index contributed by atoms with van der Waals surface area (Å²) in [6.07, 6.45) is 0.